The monoisotopic (exact) mass is 292 g/mol. The second-order valence-corrected chi connectivity index (χ2v) is 6.07. The maximum atomic E-state index is 4.43. The summed E-state index contributed by atoms with van der Waals surface area (Å²) in [6, 6.07) is 4.82. The van der Waals surface area contributed by atoms with E-state index in [1.54, 1.807) is 6.33 Å². The zero-order valence-corrected chi connectivity index (χ0v) is 13.4. The first-order valence-corrected chi connectivity index (χ1v) is 8.28. The Hall–Kier alpha value is -1.20. The Bertz CT molecular complexity index is 517. The predicted molar refractivity (Wildman–Crippen MR) is 84.1 cm³/mol. The van der Waals surface area contributed by atoms with Crippen LogP contribution in [0.3, 0.4) is 0 Å². The lowest BCUT2D eigenvalue weighted by atomic mass is 10.1. The Morgan fingerprint density at radius 3 is 2.80 bits per heavy atom. The molecule has 0 saturated heterocycles. The van der Waals surface area contributed by atoms with Crippen molar-refractivity contribution in [3.63, 3.8) is 0 Å². The first-order chi connectivity index (χ1) is 9.78. The Morgan fingerprint density at radius 1 is 1.30 bits per heavy atom. The number of nitrogens with zero attached hydrogens (tertiary/aromatic N) is 3. The summed E-state index contributed by atoms with van der Waals surface area (Å²) in [5, 5.41) is 7.89. The second kappa shape index (κ2) is 7.55. The van der Waals surface area contributed by atoms with Gasteiger partial charge in [-0.3, -0.25) is 4.68 Å². The van der Waals surface area contributed by atoms with Crippen molar-refractivity contribution in [3.8, 4) is 0 Å². The molecule has 0 amide bonds. The number of aryl methyl sites for hydroxylation is 2. The van der Waals surface area contributed by atoms with Crippen molar-refractivity contribution in [1.82, 2.24) is 20.1 Å². The van der Waals surface area contributed by atoms with Crippen LogP contribution in [-0.4, -0.2) is 21.3 Å². The van der Waals surface area contributed by atoms with Gasteiger partial charge >= 0.3 is 0 Å². The van der Waals surface area contributed by atoms with Crippen LogP contribution >= 0.6 is 11.3 Å². The first-order valence-electron chi connectivity index (χ1n) is 7.47. The highest BCUT2D eigenvalue weighted by molar-refractivity contribution is 7.12. The highest BCUT2D eigenvalue weighted by Crippen LogP contribution is 2.26. The third-order valence-electron chi connectivity index (χ3n) is 3.34. The summed E-state index contributed by atoms with van der Waals surface area (Å²) in [6.07, 6.45) is 4.76. The number of rotatable bonds is 8. The predicted octanol–water partition coefficient (Wildman–Crippen LogP) is 3.21. The van der Waals surface area contributed by atoms with Gasteiger partial charge in [0.25, 0.3) is 0 Å². The van der Waals surface area contributed by atoms with Gasteiger partial charge < -0.3 is 5.32 Å². The summed E-state index contributed by atoms with van der Waals surface area (Å²) >= 11 is 1.90. The van der Waals surface area contributed by atoms with Gasteiger partial charge in [-0.1, -0.05) is 20.8 Å². The number of nitrogens with one attached hydrogen (secondary N) is 1. The van der Waals surface area contributed by atoms with Crippen LogP contribution in [0.25, 0.3) is 0 Å². The standard InChI is InChI=1S/C15H24N4S/c1-4-9-19-15(17-11-18-19)10-13(16-6-3)14-8-7-12(5-2)20-14/h7-8,11,13,16H,4-6,9-10H2,1-3H3. The normalized spacial score (nSPS) is 12.8. The molecule has 20 heavy (non-hydrogen) atoms. The van der Waals surface area contributed by atoms with E-state index in [0.717, 1.165) is 38.2 Å². The summed E-state index contributed by atoms with van der Waals surface area (Å²) in [5.74, 6) is 1.07. The van der Waals surface area contributed by atoms with Crippen molar-refractivity contribution in [3.05, 3.63) is 34.0 Å². The molecule has 0 bridgehead atoms. The van der Waals surface area contributed by atoms with Gasteiger partial charge in [0.2, 0.25) is 0 Å². The van der Waals surface area contributed by atoms with Gasteiger partial charge in [0.15, 0.2) is 0 Å². The summed E-state index contributed by atoms with van der Waals surface area (Å²) < 4.78 is 2.03. The highest BCUT2D eigenvalue weighted by Gasteiger charge is 2.16. The SMILES string of the molecule is CCCn1ncnc1CC(NCC)c1ccc(CC)s1. The summed E-state index contributed by atoms with van der Waals surface area (Å²) in [7, 11) is 0. The first kappa shape index (κ1) is 15.2. The van der Waals surface area contributed by atoms with Crippen LogP contribution < -0.4 is 5.32 Å². The van der Waals surface area contributed by atoms with E-state index in [-0.39, 0.29) is 0 Å². The topological polar surface area (TPSA) is 42.7 Å². The van der Waals surface area contributed by atoms with Crippen LogP contribution in [0.15, 0.2) is 18.5 Å². The molecule has 0 aliphatic carbocycles. The van der Waals surface area contributed by atoms with E-state index in [2.05, 4.69) is 48.3 Å². The van der Waals surface area contributed by atoms with Gasteiger partial charge in [-0.05, 0) is 31.5 Å². The van der Waals surface area contributed by atoms with Crippen molar-refractivity contribution in [2.75, 3.05) is 6.54 Å². The van der Waals surface area contributed by atoms with Gasteiger partial charge in [-0.25, -0.2) is 4.98 Å². The van der Waals surface area contributed by atoms with E-state index >= 15 is 0 Å². The van der Waals surface area contributed by atoms with Gasteiger partial charge in [0.05, 0.1) is 0 Å². The third kappa shape index (κ3) is 3.67. The number of aromatic nitrogens is 3. The van der Waals surface area contributed by atoms with E-state index in [4.69, 9.17) is 0 Å². The molecule has 0 spiro atoms. The third-order valence-corrected chi connectivity index (χ3v) is 4.69. The number of hydrogen-bond acceptors (Lipinski definition) is 4. The zero-order chi connectivity index (χ0) is 14.4. The van der Waals surface area contributed by atoms with E-state index in [1.807, 2.05) is 16.0 Å². The molecule has 110 valence electrons. The van der Waals surface area contributed by atoms with Crippen LogP contribution in [0.4, 0.5) is 0 Å². The molecule has 2 aromatic heterocycles. The lowest BCUT2D eigenvalue weighted by molar-refractivity contribution is 0.503. The van der Waals surface area contributed by atoms with E-state index in [0.29, 0.717) is 6.04 Å². The fourth-order valence-corrected chi connectivity index (χ4v) is 3.35. The van der Waals surface area contributed by atoms with Gasteiger partial charge in [-0.2, -0.15) is 5.10 Å². The molecule has 0 aromatic carbocycles. The van der Waals surface area contributed by atoms with Crippen molar-refractivity contribution >= 4 is 11.3 Å². The minimum absolute atomic E-state index is 0.338. The fraction of sp³-hybridized carbons (Fsp3) is 0.600. The summed E-state index contributed by atoms with van der Waals surface area (Å²) in [4.78, 5) is 7.27. The van der Waals surface area contributed by atoms with Crippen molar-refractivity contribution in [2.24, 2.45) is 0 Å². The molecular formula is C15H24N4S. The van der Waals surface area contributed by atoms with Gasteiger partial charge in [0.1, 0.15) is 12.2 Å². The molecule has 2 aromatic rings. The lowest BCUT2D eigenvalue weighted by Crippen LogP contribution is -2.23. The fourth-order valence-electron chi connectivity index (χ4n) is 2.32. The molecule has 2 heterocycles. The average Bonchev–Trinajstić information content (AvgIpc) is 3.08. The number of thiophene rings is 1. The maximum Gasteiger partial charge on any atom is 0.138 e. The molecule has 2 rings (SSSR count). The van der Waals surface area contributed by atoms with E-state index in [9.17, 15) is 0 Å². The largest absolute Gasteiger partial charge is 0.309 e. The van der Waals surface area contributed by atoms with Gasteiger partial charge in [0, 0.05) is 28.8 Å². The lowest BCUT2D eigenvalue weighted by Gasteiger charge is -2.16. The number of likely N-dealkylation sites (N-methyl/N-ethyl adjacent to an activating group) is 1. The van der Waals surface area contributed by atoms with Crippen molar-refractivity contribution in [1.29, 1.82) is 0 Å². The van der Waals surface area contributed by atoms with Crippen molar-refractivity contribution < 1.29 is 0 Å². The Kier molecular flexibility index (Phi) is 5.73. The molecule has 1 N–H and O–H groups in total. The van der Waals surface area contributed by atoms with Crippen LogP contribution in [0.5, 0.6) is 0 Å². The zero-order valence-electron chi connectivity index (χ0n) is 12.6. The quantitative estimate of drug-likeness (QED) is 0.812. The molecule has 4 nitrogen and oxygen atoms in total. The smallest absolute Gasteiger partial charge is 0.138 e. The molecule has 0 radical (unpaired) electrons. The molecule has 5 heteroatoms. The second-order valence-electron chi connectivity index (χ2n) is 4.87. The summed E-state index contributed by atoms with van der Waals surface area (Å²) in [5.41, 5.74) is 0. The van der Waals surface area contributed by atoms with E-state index < -0.39 is 0 Å². The van der Waals surface area contributed by atoms with Gasteiger partial charge in [-0.15, -0.1) is 11.3 Å². The number of hydrogen-bond donors (Lipinski definition) is 1. The van der Waals surface area contributed by atoms with Crippen LogP contribution in [0.2, 0.25) is 0 Å². The van der Waals surface area contributed by atoms with Crippen LogP contribution in [0.1, 0.15) is 48.8 Å². The minimum Gasteiger partial charge on any atom is -0.309 e. The molecule has 0 saturated carbocycles. The molecule has 0 aliphatic rings. The minimum atomic E-state index is 0.338. The highest BCUT2D eigenvalue weighted by atomic mass is 32.1. The van der Waals surface area contributed by atoms with Crippen molar-refractivity contribution in [2.45, 2.75) is 52.6 Å². The molecule has 0 aliphatic heterocycles. The molecule has 1 atom stereocenters. The van der Waals surface area contributed by atoms with E-state index in [1.165, 1.54) is 9.75 Å². The van der Waals surface area contributed by atoms with Crippen LogP contribution in [-0.2, 0) is 19.4 Å². The average molecular weight is 292 g/mol. The Balaban J connectivity index is 2.14. The molecular weight excluding hydrogens is 268 g/mol. The molecule has 1 unspecified atom stereocenters. The molecule has 0 fully saturated rings. The summed E-state index contributed by atoms with van der Waals surface area (Å²) in [6.45, 7) is 8.43. The Labute approximate surface area is 125 Å². The Morgan fingerprint density at radius 2 is 2.15 bits per heavy atom. The maximum absolute atomic E-state index is 4.43. The van der Waals surface area contributed by atoms with Crippen LogP contribution in [0, 0.1) is 0 Å².